The van der Waals surface area contributed by atoms with Crippen molar-refractivity contribution in [3.63, 3.8) is 0 Å². The van der Waals surface area contributed by atoms with Crippen molar-refractivity contribution in [2.24, 2.45) is 5.10 Å². The van der Waals surface area contributed by atoms with Crippen LogP contribution >= 0.6 is 0 Å². The van der Waals surface area contributed by atoms with Crippen molar-refractivity contribution in [3.8, 4) is 5.75 Å². The van der Waals surface area contributed by atoms with Crippen LogP contribution in [0.2, 0.25) is 0 Å². The quantitative estimate of drug-likeness (QED) is 0.248. The molecule has 0 radical (unpaired) electrons. The number of nitrogens with one attached hydrogen (secondary N) is 3. The van der Waals surface area contributed by atoms with E-state index in [1.165, 1.54) is 13.3 Å². The number of amides is 1. The van der Waals surface area contributed by atoms with Crippen LogP contribution in [-0.4, -0.2) is 37.8 Å². The van der Waals surface area contributed by atoms with E-state index in [1.54, 1.807) is 24.3 Å². The summed E-state index contributed by atoms with van der Waals surface area (Å²) in [5, 5.41) is 4.00. The van der Waals surface area contributed by atoms with Gasteiger partial charge in [-0.05, 0) is 48.2 Å². The highest BCUT2D eigenvalue weighted by Gasteiger charge is 2.30. The molecule has 2 aromatic carbocycles. The number of hydrogen-bond acceptors (Lipinski definition) is 7. The Morgan fingerprint density at radius 3 is 2.55 bits per heavy atom. The van der Waals surface area contributed by atoms with Gasteiger partial charge < -0.3 is 9.47 Å². The number of hydrazine groups is 1. The summed E-state index contributed by atoms with van der Waals surface area (Å²) in [6, 6.07) is 14.3. The second-order valence-corrected chi connectivity index (χ2v) is 7.25. The van der Waals surface area contributed by atoms with Crippen LogP contribution < -0.4 is 21.0 Å². The van der Waals surface area contributed by atoms with Gasteiger partial charge in [-0.3, -0.25) is 4.79 Å². The van der Waals surface area contributed by atoms with E-state index in [0.29, 0.717) is 12.0 Å². The van der Waals surface area contributed by atoms with Crippen LogP contribution in [0.15, 0.2) is 53.6 Å². The molecule has 1 aliphatic heterocycles. The molecule has 0 saturated carbocycles. The molecule has 1 amide bonds. The summed E-state index contributed by atoms with van der Waals surface area (Å²) in [4.78, 5) is 23.8. The molecule has 31 heavy (non-hydrogen) atoms. The highest BCUT2D eigenvalue weighted by molar-refractivity contribution is 5.91. The highest BCUT2D eigenvalue weighted by Crippen LogP contribution is 2.24. The number of hydrazone groups is 1. The zero-order chi connectivity index (χ0) is 22.1. The monoisotopic (exact) mass is 424 g/mol. The lowest BCUT2D eigenvalue weighted by molar-refractivity contribution is -0.122. The third-order valence-corrected chi connectivity index (χ3v) is 4.99. The molecule has 1 aliphatic rings. The van der Waals surface area contributed by atoms with E-state index in [-0.39, 0.29) is 11.9 Å². The van der Waals surface area contributed by atoms with Gasteiger partial charge in [0.05, 0.1) is 25.5 Å². The number of carbonyl (C=O) groups excluding carboxylic acids is 2. The van der Waals surface area contributed by atoms with Crippen LogP contribution in [0, 0.1) is 0 Å². The number of benzene rings is 2. The SMILES string of the molecule is CCCCOc1ccc(C2CC(C(=O)N/N=C\c3ccc(C(=O)OC)cc3)NN2)cc1. The molecule has 3 rings (SSSR count). The first-order chi connectivity index (χ1) is 15.1. The van der Waals surface area contributed by atoms with E-state index in [0.717, 1.165) is 36.3 Å². The zero-order valence-corrected chi connectivity index (χ0v) is 17.8. The van der Waals surface area contributed by atoms with E-state index >= 15 is 0 Å². The van der Waals surface area contributed by atoms with E-state index < -0.39 is 12.0 Å². The van der Waals surface area contributed by atoms with Crippen LogP contribution in [0.3, 0.4) is 0 Å². The van der Waals surface area contributed by atoms with E-state index in [1.807, 2.05) is 24.3 Å². The number of ether oxygens (including phenoxy) is 2. The third kappa shape index (κ3) is 6.37. The van der Waals surface area contributed by atoms with Crippen molar-refractivity contribution < 1.29 is 19.1 Å². The Morgan fingerprint density at radius 2 is 1.87 bits per heavy atom. The number of unbranched alkanes of at least 4 members (excludes halogenated alkanes) is 1. The predicted octanol–water partition coefficient (Wildman–Crippen LogP) is 2.71. The molecule has 0 aromatic heterocycles. The summed E-state index contributed by atoms with van der Waals surface area (Å²) in [5.74, 6) is 0.230. The Kier molecular flexibility index (Phi) is 8.14. The number of rotatable bonds is 9. The smallest absolute Gasteiger partial charge is 0.337 e. The van der Waals surface area contributed by atoms with Crippen molar-refractivity contribution in [3.05, 3.63) is 65.2 Å². The number of hydrogen-bond donors (Lipinski definition) is 3. The summed E-state index contributed by atoms with van der Waals surface area (Å²) in [5.41, 5.74) is 11.0. The van der Waals surface area contributed by atoms with Gasteiger partial charge >= 0.3 is 5.97 Å². The Morgan fingerprint density at radius 1 is 1.13 bits per heavy atom. The summed E-state index contributed by atoms with van der Waals surface area (Å²) in [7, 11) is 1.34. The molecule has 1 fully saturated rings. The molecule has 2 atom stereocenters. The van der Waals surface area contributed by atoms with E-state index in [2.05, 4.69) is 33.0 Å². The second kappa shape index (κ2) is 11.2. The lowest BCUT2D eigenvalue weighted by atomic mass is 10.0. The van der Waals surface area contributed by atoms with Gasteiger partial charge in [0.2, 0.25) is 0 Å². The van der Waals surface area contributed by atoms with Crippen molar-refractivity contribution in [2.45, 2.75) is 38.3 Å². The maximum atomic E-state index is 12.4. The summed E-state index contributed by atoms with van der Waals surface area (Å²) >= 11 is 0. The summed E-state index contributed by atoms with van der Waals surface area (Å²) in [6.07, 6.45) is 4.26. The van der Waals surface area contributed by atoms with Crippen molar-refractivity contribution in [1.82, 2.24) is 16.3 Å². The average molecular weight is 425 g/mol. The van der Waals surface area contributed by atoms with Gasteiger partial charge in [0.25, 0.3) is 5.91 Å². The fourth-order valence-electron chi connectivity index (χ4n) is 3.15. The summed E-state index contributed by atoms with van der Waals surface area (Å²) in [6.45, 7) is 2.85. The normalized spacial score (nSPS) is 18.1. The Hall–Kier alpha value is -3.23. The Bertz CT molecular complexity index is 897. The topological polar surface area (TPSA) is 101 Å². The lowest BCUT2D eigenvalue weighted by Crippen LogP contribution is -2.41. The molecule has 3 N–H and O–H groups in total. The molecule has 0 bridgehead atoms. The molecular weight excluding hydrogens is 396 g/mol. The largest absolute Gasteiger partial charge is 0.494 e. The number of esters is 1. The van der Waals surface area contributed by atoms with Crippen LogP contribution in [0.25, 0.3) is 0 Å². The highest BCUT2D eigenvalue weighted by atomic mass is 16.5. The fourth-order valence-corrected chi connectivity index (χ4v) is 3.15. The molecule has 164 valence electrons. The molecule has 0 aliphatic carbocycles. The lowest BCUT2D eigenvalue weighted by Gasteiger charge is -2.11. The molecule has 2 aromatic rings. The molecule has 0 spiro atoms. The van der Waals surface area contributed by atoms with E-state index in [9.17, 15) is 9.59 Å². The van der Waals surface area contributed by atoms with Crippen LogP contribution in [0.4, 0.5) is 0 Å². The van der Waals surface area contributed by atoms with Gasteiger partial charge in [0, 0.05) is 6.04 Å². The van der Waals surface area contributed by atoms with Crippen LogP contribution in [0.5, 0.6) is 5.75 Å². The summed E-state index contributed by atoms with van der Waals surface area (Å²) < 4.78 is 10.4. The minimum atomic E-state index is -0.399. The Balaban J connectivity index is 1.47. The number of carbonyl (C=O) groups is 2. The van der Waals surface area contributed by atoms with Gasteiger partial charge in [0.15, 0.2) is 0 Å². The molecular formula is C23H28N4O4. The van der Waals surface area contributed by atoms with Crippen molar-refractivity contribution in [1.29, 1.82) is 0 Å². The Labute approximate surface area is 182 Å². The zero-order valence-electron chi connectivity index (χ0n) is 17.8. The van der Waals surface area contributed by atoms with Gasteiger partial charge in [-0.1, -0.05) is 37.6 Å². The minimum absolute atomic E-state index is 0.0234. The first-order valence-electron chi connectivity index (χ1n) is 10.4. The van der Waals surface area contributed by atoms with Gasteiger partial charge in [0.1, 0.15) is 11.8 Å². The van der Waals surface area contributed by atoms with Crippen molar-refractivity contribution >= 4 is 18.1 Å². The average Bonchev–Trinajstić information content (AvgIpc) is 3.30. The molecule has 8 heteroatoms. The van der Waals surface area contributed by atoms with Crippen LogP contribution in [0.1, 0.15) is 53.7 Å². The molecule has 1 heterocycles. The van der Waals surface area contributed by atoms with Gasteiger partial charge in [-0.2, -0.15) is 5.10 Å². The minimum Gasteiger partial charge on any atom is -0.494 e. The number of nitrogens with zero attached hydrogens (tertiary/aromatic N) is 1. The van der Waals surface area contributed by atoms with Crippen LogP contribution in [-0.2, 0) is 9.53 Å². The standard InChI is InChI=1S/C23H28N4O4/c1-3-4-13-31-19-11-9-17(10-12-19)20-14-21(26-25-20)22(28)27-24-15-16-5-7-18(8-6-16)23(29)30-2/h5-12,15,20-21,25-26H,3-4,13-14H2,1-2H3,(H,27,28)/b24-15-. The first kappa shape index (κ1) is 22.5. The van der Waals surface area contributed by atoms with E-state index in [4.69, 9.17) is 4.74 Å². The molecule has 2 unspecified atom stereocenters. The number of methoxy groups -OCH3 is 1. The van der Waals surface area contributed by atoms with Gasteiger partial charge in [-0.15, -0.1) is 0 Å². The maximum absolute atomic E-state index is 12.4. The van der Waals surface area contributed by atoms with Crippen molar-refractivity contribution in [2.75, 3.05) is 13.7 Å². The second-order valence-electron chi connectivity index (χ2n) is 7.25. The van der Waals surface area contributed by atoms with Gasteiger partial charge in [-0.25, -0.2) is 21.1 Å². The predicted molar refractivity (Wildman–Crippen MR) is 118 cm³/mol. The fraction of sp³-hybridized carbons (Fsp3) is 0.348. The first-order valence-corrected chi connectivity index (χ1v) is 10.4. The maximum Gasteiger partial charge on any atom is 0.337 e. The third-order valence-electron chi connectivity index (χ3n) is 4.99. The molecule has 8 nitrogen and oxygen atoms in total. The molecule has 1 saturated heterocycles.